The molecular formula is C12H22INO2. The van der Waals surface area contributed by atoms with Crippen molar-refractivity contribution in [3.8, 4) is 0 Å². The third-order valence-corrected chi connectivity index (χ3v) is 3.82. The predicted octanol–water partition coefficient (Wildman–Crippen LogP) is 2.04. The van der Waals surface area contributed by atoms with Gasteiger partial charge in [-0.3, -0.25) is 0 Å². The van der Waals surface area contributed by atoms with Gasteiger partial charge in [-0.15, -0.1) is 0 Å². The molecule has 0 radical (unpaired) electrons. The van der Waals surface area contributed by atoms with Crippen molar-refractivity contribution in [2.75, 3.05) is 27.2 Å². The lowest BCUT2D eigenvalue weighted by Gasteiger charge is -2.38. The highest BCUT2D eigenvalue weighted by atomic mass is 127. The first-order chi connectivity index (χ1) is 7.69. The van der Waals surface area contributed by atoms with Crippen LogP contribution in [-0.4, -0.2) is 49.5 Å². The van der Waals surface area contributed by atoms with E-state index in [2.05, 4.69) is 40.6 Å². The normalized spacial score (nSPS) is 29.8. The highest BCUT2D eigenvalue weighted by molar-refractivity contribution is 14.1. The molecule has 1 aliphatic heterocycles. The van der Waals surface area contributed by atoms with Crippen LogP contribution in [0.4, 0.5) is 0 Å². The first-order valence-corrected chi connectivity index (χ1v) is 7.08. The predicted molar refractivity (Wildman–Crippen MR) is 74.8 cm³/mol. The van der Waals surface area contributed by atoms with Crippen molar-refractivity contribution in [2.24, 2.45) is 5.92 Å². The second kappa shape index (κ2) is 7.63. The van der Waals surface area contributed by atoms with Crippen LogP contribution in [0.25, 0.3) is 0 Å². The van der Waals surface area contributed by atoms with Crippen LogP contribution < -0.4 is 0 Å². The molecule has 16 heavy (non-hydrogen) atoms. The Morgan fingerprint density at radius 1 is 1.62 bits per heavy atom. The lowest BCUT2D eigenvalue weighted by molar-refractivity contribution is -0.0528. The van der Waals surface area contributed by atoms with Gasteiger partial charge < -0.3 is 14.7 Å². The number of halogens is 1. The second-order valence-corrected chi connectivity index (χ2v) is 5.21. The zero-order valence-electron chi connectivity index (χ0n) is 10.1. The van der Waals surface area contributed by atoms with Gasteiger partial charge in [-0.05, 0) is 30.4 Å². The summed E-state index contributed by atoms with van der Waals surface area (Å²) in [5.74, 6) is 0.256. The molecule has 94 valence electrons. The summed E-state index contributed by atoms with van der Waals surface area (Å²) in [7, 11) is 3.86. The van der Waals surface area contributed by atoms with Crippen LogP contribution in [0.2, 0.25) is 0 Å². The third-order valence-electron chi connectivity index (χ3n) is 3.31. The van der Waals surface area contributed by atoms with Gasteiger partial charge in [0.1, 0.15) is 0 Å². The second-order valence-electron chi connectivity index (χ2n) is 4.50. The smallest absolute Gasteiger partial charge is 0.0639 e. The van der Waals surface area contributed by atoms with E-state index in [9.17, 15) is 5.11 Å². The lowest BCUT2D eigenvalue weighted by Crippen LogP contribution is -2.47. The number of nitrogens with zero attached hydrogens (tertiary/aromatic N) is 1. The number of piperidine rings is 1. The Morgan fingerprint density at radius 2 is 2.38 bits per heavy atom. The zero-order valence-corrected chi connectivity index (χ0v) is 12.3. The topological polar surface area (TPSA) is 32.7 Å². The third kappa shape index (κ3) is 4.31. The monoisotopic (exact) mass is 339 g/mol. The van der Waals surface area contributed by atoms with Gasteiger partial charge in [-0.1, -0.05) is 28.7 Å². The summed E-state index contributed by atoms with van der Waals surface area (Å²) in [5.41, 5.74) is 0. The summed E-state index contributed by atoms with van der Waals surface area (Å²) < 4.78 is 7.57. The van der Waals surface area contributed by atoms with E-state index in [1.54, 1.807) is 7.11 Å². The van der Waals surface area contributed by atoms with Gasteiger partial charge >= 0.3 is 0 Å². The Balaban J connectivity index is 2.48. The van der Waals surface area contributed by atoms with Gasteiger partial charge in [0.2, 0.25) is 0 Å². The van der Waals surface area contributed by atoms with Crippen molar-refractivity contribution in [3.05, 3.63) is 10.2 Å². The van der Waals surface area contributed by atoms with E-state index in [1.165, 1.54) is 0 Å². The Hall–Kier alpha value is 0.350. The Kier molecular flexibility index (Phi) is 6.87. The Morgan fingerprint density at radius 3 is 3.00 bits per heavy atom. The molecule has 0 bridgehead atoms. The van der Waals surface area contributed by atoms with Gasteiger partial charge in [-0.25, -0.2) is 0 Å². The molecule has 0 saturated carbocycles. The number of hydrogen-bond acceptors (Lipinski definition) is 3. The molecule has 1 fully saturated rings. The summed E-state index contributed by atoms with van der Waals surface area (Å²) in [4.78, 5) is 2.28. The molecule has 0 amide bonds. The van der Waals surface area contributed by atoms with Crippen molar-refractivity contribution in [2.45, 2.75) is 31.5 Å². The van der Waals surface area contributed by atoms with E-state index in [4.69, 9.17) is 4.74 Å². The molecule has 3 nitrogen and oxygen atoms in total. The maximum Gasteiger partial charge on any atom is 0.0639 e. The van der Waals surface area contributed by atoms with Crippen LogP contribution in [-0.2, 0) is 4.74 Å². The summed E-state index contributed by atoms with van der Waals surface area (Å²) in [6.07, 6.45) is 4.99. The molecule has 1 N–H and O–H groups in total. The first-order valence-electron chi connectivity index (χ1n) is 5.83. The van der Waals surface area contributed by atoms with Gasteiger partial charge in [0.25, 0.3) is 0 Å². The van der Waals surface area contributed by atoms with E-state index in [0.29, 0.717) is 0 Å². The van der Waals surface area contributed by atoms with Crippen molar-refractivity contribution < 1.29 is 9.84 Å². The van der Waals surface area contributed by atoms with Crippen LogP contribution in [0.1, 0.15) is 19.3 Å². The maximum absolute atomic E-state index is 10.0. The molecule has 3 unspecified atom stereocenters. The number of likely N-dealkylation sites (tertiary alicyclic amines) is 1. The van der Waals surface area contributed by atoms with Gasteiger partial charge in [0.05, 0.1) is 12.2 Å². The Labute approximate surface area is 112 Å². The highest BCUT2D eigenvalue weighted by Gasteiger charge is 2.32. The average molecular weight is 339 g/mol. The summed E-state index contributed by atoms with van der Waals surface area (Å²) in [6, 6.07) is 0. The largest absolute Gasteiger partial charge is 0.393 e. The number of aliphatic hydroxyl groups is 1. The molecule has 4 heteroatoms. The molecule has 0 spiro atoms. The number of allylic oxidation sites excluding steroid dienone is 1. The molecule has 0 aromatic carbocycles. The molecule has 1 rings (SSSR count). The van der Waals surface area contributed by atoms with Crippen molar-refractivity contribution in [1.29, 1.82) is 0 Å². The Bertz CT molecular complexity index is 223. The van der Waals surface area contributed by atoms with Crippen LogP contribution in [0.15, 0.2) is 10.2 Å². The number of hydrogen-bond donors (Lipinski definition) is 1. The number of rotatable bonds is 5. The van der Waals surface area contributed by atoms with E-state index in [0.717, 1.165) is 32.4 Å². The summed E-state index contributed by atoms with van der Waals surface area (Å²) in [6.45, 7) is 1.93. The van der Waals surface area contributed by atoms with Crippen LogP contribution in [0.5, 0.6) is 0 Å². The van der Waals surface area contributed by atoms with Gasteiger partial charge in [0, 0.05) is 26.1 Å². The molecule has 3 atom stereocenters. The molecule has 0 aromatic heterocycles. The van der Waals surface area contributed by atoms with Crippen molar-refractivity contribution in [3.63, 3.8) is 0 Å². The fraction of sp³-hybridized carbons (Fsp3) is 0.833. The lowest BCUT2D eigenvalue weighted by atomic mass is 9.87. The average Bonchev–Trinajstić information content (AvgIpc) is 2.28. The van der Waals surface area contributed by atoms with E-state index in [1.807, 2.05) is 4.08 Å². The van der Waals surface area contributed by atoms with E-state index < -0.39 is 0 Å². The summed E-state index contributed by atoms with van der Waals surface area (Å²) >= 11 is 2.23. The highest BCUT2D eigenvalue weighted by Crippen LogP contribution is 2.24. The van der Waals surface area contributed by atoms with Crippen molar-refractivity contribution in [1.82, 2.24) is 4.90 Å². The minimum Gasteiger partial charge on any atom is -0.393 e. The SMILES string of the molecule is COC(CC/C=C/I)C1CN(C)CCC1O. The number of ether oxygens (including phenoxy) is 1. The van der Waals surface area contributed by atoms with Crippen LogP contribution in [0, 0.1) is 5.92 Å². The van der Waals surface area contributed by atoms with Crippen molar-refractivity contribution >= 4 is 22.6 Å². The molecule has 0 aliphatic carbocycles. The fourth-order valence-electron chi connectivity index (χ4n) is 2.34. The van der Waals surface area contributed by atoms with E-state index >= 15 is 0 Å². The number of methoxy groups -OCH3 is 1. The summed E-state index contributed by atoms with van der Waals surface area (Å²) in [5, 5.41) is 10.0. The minimum atomic E-state index is -0.204. The minimum absolute atomic E-state index is 0.172. The first kappa shape index (κ1) is 14.4. The van der Waals surface area contributed by atoms with Gasteiger partial charge in [0.15, 0.2) is 0 Å². The van der Waals surface area contributed by atoms with E-state index in [-0.39, 0.29) is 18.1 Å². The molecule has 1 saturated heterocycles. The zero-order chi connectivity index (χ0) is 12.0. The standard InChI is InChI=1S/C12H22INO2/c1-14-8-6-11(15)10(9-14)12(16-2)5-3-4-7-13/h4,7,10-12,15H,3,5-6,8-9H2,1-2H3/b7-4+. The van der Waals surface area contributed by atoms with Gasteiger partial charge in [-0.2, -0.15) is 0 Å². The molecule has 1 heterocycles. The molecule has 0 aromatic rings. The molecule has 1 aliphatic rings. The maximum atomic E-state index is 10.0. The van der Waals surface area contributed by atoms with Crippen LogP contribution in [0.3, 0.4) is 0 Å². The van der Waals surface area contributed by atoms with Crippen LogP contribution >= 0.6 is 22.6 Å². The number of aliphatic hydroxyl groups excluding tert-OH is 1. The quantitative estimate of drug-likeness (QED) is 0.778. The fourth-order valence-corrected chi connectivity index (χ4v) is 2.69. The molecular weight excluding hydrogens is 317 g/mol.